The van der Waals surface area contributed by atoms with Gasteiger partial charge in [0, 0.05) is 13.5 Å². The highest BCUT2D eigenvalue weighted by Gasteiger charge is 2.28. The van der Waals surface area contributed by atoms with Crippen molar-refractivity contribution in [1.82, 2.24) is 0 Å². The number of carbonyl (C=O) groups is 1. The number of fused-ring (bicyclic) bond motifs is 1. The van der Waals surface area contributed by atoms with Gasteiger partial charge in [0.2, 0.25) is 5.91 Å². The molecule has 0 unspecified atom stereocenters. The Labute approximate surface area is 154 Å². The molecule has 3 rings (SSSR count). The van der Waals surface area contributed by atoms with E-state index < -0.39 is 10.0 Å². The van der Waals surface area contributed by atoms with E-state index in [9.17, 15) is 13.2 Å². The van der Waals surface area contributed by atoms with E-state index in [-0.39, 0.29) is 10.8 Å². The summed E-state index contributed by atoms with van der Waals surface area (Å²) in [6.45, 7) is 6.27. The maximum atomic E-state index is 13.2. The number of hydrogen-bond donors (Lipinski definition) is 0. The Morgan fingerprint density at radius 3 is 2.65 bits per heavy atom. The zero-order valence-corrected chi connectivity index (χ0v) is 15.9. The summed E-state index contributed by atoms with van der Waals surface area (Å²) >= 11 is 0. The van der Waals surface area contributed by atoms with Crippen LogP contribution in [0.1, 0.15) is 19.4 Å². The fourth-order valence-electron chi connectivity index (χ4n) is 3.09. The van der Waals surface area contributed by atoms with Gasteiger partial charge in [-0.15, -0.1) is 0 Å². The first-order valence-electron chi connectivity index (χ1n) is 8.49. The largest absolute Gasteiger partial charge is 0.490 e. The van der Waals surface area contributed by atoms with Crippen molar-refractivity contribution < 1.29 is 17.9 Å². The van der Waals surface area contributed by atoms with Crippen molar-refractivity contribution in [2.24, 2.45) is 0 Å². The van der Waals surface area contributed by atoms with Crippen LogP contribution in [0, 0.1) is 6.92 Å². The number of aryl methyl sites for hydroxylation is 1. The molecule has 1 amide bonds. The number of sulfonamides is 1. The lowest BCUT2D eigenvalue weighted by Crippen LogP contribution is -2.37. The molecule has 138 valence electrons. The SMILES string of the molecule is CCN(c1cccc(C)c1)S(=O)(=O)c1ccc2c(c1)N(C(C)=O)CCO2. The number of nitrogens with zero attached hydrogens (tertiary/aromatic N) is 2. The molecular weight excluding hydrogens is 352 g/mol. The Balaban J connectivity index is 2.07. The van der Waals surface area contributed by atoms with E-state index in [4.69, 9.17) is 4.74 Å². The third-order valence-electron chi connectivity index (χ3n) is 4.34. The Hall–Kier alpha value is -2.54. The van der Waals surface area contributed by atoms with Crippen molar-refractivity contribution in [2.45, 2.75) is 25.7 Å². The summed E-state index contributed by atoms with van der Waals surface area (Å²) in [5, 5.41) is 0. The van der Waals surface area contributed by atoms with Crippen molar-refractivity contribution >= 4 is 27.3 Å². The molecule has 1 aliphatic rings. The van der Waals surface area contributed by atoms with Gasteiger partial charge in [-0.3, -0.25) is 9.10 Å². The average Bonchev–Trinajstić information content (AvgIpc) is 2.61. The Morgan fingerprint density at radius 1 is 1.23 bits per heavy atom. The predicted octanol–water partition coefficient (Wildman–Crippen LogP) is 2.96. The van der Waals surface area contributed by atoms with Crippen LogP contribution in [0.15, 0.2) is 47.4 Å². The quantitative estimate of drug-likeness (QED) is 0.825. The van der Waals surface area contributed by atoms with Crippen molar-refractivity contribution in [2.75, 3.05) is 28.9 Å². The average molecular weight is 374 g/mol. The molecule has 6 nitrogen and oxygen atoms in total. The van der Waals surface area contributed by atoms with Gasteiger partial charge in [-0.2, -0.15) is 0 Å². The van der Waals surface area contributed by atoms with Gasteiger partial charge in [0.15, 0.2) is 0 Å². The van der Waals surface area contributed by atoms with E-state index in [1.807, 2.05) is 25.1 Å². The van der Waals surface area contributed by atoms with Crippen molar-refractivity contribution in [3.05, 3.63) is 48.0 Å². The number of carbonyl (C=O) groups excluding carboxylic acids is 1. The molecule has 0 N–H and O–H groups in total. The second kappa shape index (κ2) is 6.99. The molecule has 26 heavy (non-hydrogen) atoms. The standard InChI is InChI=1S/C19H22N2O4S/c1-4-21(16-7-5-6-14(2)12-16)26(23,24)17-8-9-19-18(13-17)20(15(3)22)10-11-25-19/h5-9,12-13H,4,10-11H2,1-3H3. The maximum Gasteiger partial charge on any atom is 0.264 e. The van der Waals surface area contributed by atoms with E-state index >= 15 is 0 Å². The van der Waals surface area contributed by atoms with Crippen LogP contribution in [0.25, 0.3) is 0 Å². The topological polar surface area (TPSA) is 66.9 Å². The zero-order valence-electron chi connectivity index (χ0n) is 15.1. The smallest absolute Gasteiger partial charge is 0.264 e. The minimum Gasteiger partial charge on any atom is -0.490 e. The third kappa shape index (κ3) is 3.26. The summed E-state index contributed by atoms with van der Waals surface area (Å²) in [4.78, 5) is 13.6. The molecule has 2 aromatic rings. The first-order chi connectivity index (χ1) is 12.3. The third-order valence-corrected chi connectivity index (χ3v) is 6.24. The van der Waals surface area contributed by atoms with Crippen molar-refractivity contribution in [3.8, 4) is 5.75 Å². The van der Waals surface area contributed by atoms with Gasteiger partial charge in [0.25, 0.3) is 10.0 Å². The van der Waals surface area contributed by atoms with Crippen molar-refractivity contribution in [3.63, 3.8) is 0 Å². The van der Waals surface area contributed by atoms with E-state index in [0.29, 0.717) is 36.8 Å². The lowest BCUT2D eigenvalue weighted by molar-refractivity contribution is -0.116. The van der Waals surface area contributed by atoms with Crippen LogP contribution in [-0.4, -0.2) is 34.0 Å². The first-order valence-corrected chi connectivity index (χ1v) is 9.93. The fourth-order valence-corrected chi connectivity index (χ4v) is 4.57. The molecule has 1 aliphatic heterocycles. The maximum absolute atomic E-state index is 13.2. The van der Waals surface area contributed by atoms with Crippen LogP contribution in [0.3, 0.4) is 0 Å². The van der Waals surface area contributed by atoms with Gasteiger partial charge >= 0.3 is 0 Å². The van der Waals surface area contributed by atoms with Gasteiger partial charge in [0.1, 0.15) is 12.4 Å². The van der Waals surface area contributed by atoms with E-state index in [2.05, 4.69) is 0 Å². The molecule has 0 aromatic heterocycles. The Kier molecular flexibility index (Phi) is 4.91. The van der Waals surface area contributed by atoms with Crippen LogP contribution in [0.5, 0.6) is 5.75 Å². The summed E-state index contributed by atoms with van der Waals surface area (Å²) in [5.74, 6) is 0.374. The van der Waals surface area contributed by atoms with Crippen LogP contribution >= 0.6 is 0 Å². The second-order valence-electron chi connectivity index (χ2n) is 6.16. The number of anilines is 2. The van der Waals surface area contributed by atoms with Crippen LogP contribution < -0.4 is 13.9 Å². The van der Waals surface area contributed by atoms with Crippen LogP contribution in [0.4, 0.5) is 11.4 Å². The Bertz CT molecular complexity index is 940. The summed E-state index contributed by atoms with van der Waals surface area (Å²) in [7, 11) is -3.76. The van der Waals surface area contributed by atoms with E-state index in [1.165, 1.54) is 23.4 Å². The number of rotatable bonds is 4. The molecule has 0 aliphatic carbocycles. The van der Waals surface area contributed by atoms with Gasteiger partial charge in [-0.05, 0) is 49.7 Å². The van der Waals surface area contributed by atoms with E-state index in [1.54, 1.807) is 24.0 Å². The second-order valence-corrected chi connectivity index (χ2v) is 8.02. The fraction of sp³-hybridized carbons (Fsp3) is 0.316. The molecule has 0 saturated carbocycles. The van der Waals surface area contributed by atoms with Gasteiger partial charge < -0.3 is 9.64 Å². The normalized spacial score (nSPS) is 13.7. The predicted molar refractivity (Wildman–Crippen MR) is 101 cm³/mol. The Morgan fingerprint density at radius 2 is 2.00 bits per heavy atom. The van der Waals surface area contributed by atoms with Gasteiger partial charge in [-0.1, -0.05) is 12.1 Å². The number of amides is 1. The molecule has 1 heterocycles. The molecular formula is C19H22N2O4S. The van der Waals surface area contributed by atoms with Crippen LogP contribution in [-0.2, 0) is 14.8 Å². The minimum absolute atomic E-state index is 0.136. The lowest BCUT2D eigenvalue weighted by atomic mass is 10.2. The summed E-state index contributed by atoms with van der Waals surface area (Å²) in [5.41, 5.74) is 2.09. The van der Waals surface area contributed by atoms with Gasteiger partial charge in [0.05, 0.1) is 22.8 Å². The molecule has 0 atom stereocenters. The number of hydrogen-bond acceptors (Lipinski definition) is 4. The molecule has 0 fully saturated rings. The molecule has 2 aromatic carbocycles. The molecule has 0 bridgehead atoms. The zero-order chi connectivity index (χ0) is 18.9. The number of benzene rings is 2. The van der Waals surface area contributed by atoms with E-state index in [0.717, 1.165) is 5.56 Å². The van der Waals surface area contributed by atoms with Crippen LogP contribution in [0.2, 0.25) is 0 Å². The summed E-state index contributed by atoms with van der Waals surface area (Å²) in [6, 6.07) is 12.0. The highest BCUT2D eigenvalue weighted by Crippen LogP contribution is 2.35. The number of ether oxygens (including phenoxy) is 1. The summed E-state index contributed by atoms with van der Waals surface area (Å²) in [6.07, 6.45) is 0. The highest BCUT2D eigenvalue weighted by atomic mass is 32.2. The highest BCUT2D eigenvalue weighted by molar-refractivity contribution is 7.92. The van der Waals surface area contributed by atoms with Gasteiger partial charge in [-0.25, -0.2) is 8.42 Å². The first kappa shape index (κ1) is 18.3. The summed E-state index contributed by atoms with van der Waals surface area (Å²) < 4.78 is 33.4. The molecule has 0 saturated heterocycles. The molecule has 0 radical (unpaired) electrons. The monoisotopic (exact) mass is 374 g/mol. The lowest BCUT2D eigenvalue weighted by Gasteiger charge is -2.30. The molecule has 0 spiro atoms. The minimum atomic E-state index is -3.76. The van der Waals surface area contributed by atoms with Crippen molar-refractivity contribution in [1.29, 1.82) is 0 Å². The molecule has 7 heteroatoms.